The van der Waals surface area contributed by atoms with Gasteiger partial charge in [0.25, 0.3) is 0 Å². The van der Waals surface area contributed by atoms with Gasteiger partial charge in [0, 0.05) is 19.6 Å². The second-order valence-corrected chi connectivity index (χ2v) is 6.55. The van der Waals surface area contributed by atoms with Gasteiger partial charge in [-0.3, -0.25) is 0 Å². The largest absolute Gasteiger partial charge is 0.378 e. The van der Waals surface area contributed by atoms with Crippen molar-refractivity contribution >= 4 is 22.4 Å². The minimum atomic E-state index is -3.17. The van der Waals surface area contributed by atoms with E-state index in [0.717, 1.165) is 19.5 Å². The SMILES string of the molecule is CC(C)OCCS(=O)(=O)N(C)C1CCNC1.Cl. The fourth-order valence-corrected chi connectivity index (χ4v) is 2.94. The van der Waals surface area contributed by atoms with E-state index < -0.39 is 10.0 Å². The second-order valence-electron chi connectivity index (χ2n) is 4.40. The van der Waals surface area contributed by atoms with Crippen LogP contribution in [0, 0.1) is 0 Å². The smallest absolute Gasteiger partial charge is 0.216 e. The van der Waals surface area contributed by atoms with Crippen molar-refractivity contribution in [2.45, 2.75) is 32.4 Å². The van der Waals surface area contributed by atoms with Gasteiger partial charge in [0.05, 0.1) is 18.5 Å². The van der Waals surface area contributed by atoms with Gasteiger partial charge in [-0.05, 0) is 26.8 Å². The molecule has 0 aromatic rings. The van der Waals surface area contributed by atoms with E-state index in [4.69, 9.17) is 4.74 Å². The summed E-state index contributed by atoms with van der Waals surface area (Å²) < 4.78 is 30.6. The van der Waals surface area contributed by atoms with Crippen LogP contribution in [0.2, 0.25) is 0 Å². The van der Waals surface area contributed by atoms with Crippen LogP contribution in [-0.2, 0) is 14.8 Å². The molecule has 0 saturated carbocycles. The maximum absolute atomic E-state index is 11.9. The normalized spacial score (nSPS) is 20.9. The first-order valence-electron chi connectivity index (χ1n) is 5.71. The molecule has 1 fully saturated rings. The van der Waals surface area contributed by atoms with Crippen LogP contribution in [0.3, 0.4) is 0 Å². The maximum atomic E-state index is 11.9. The first kappa shape index (κ1) is 17.1. The molecule has 0 aliphatic carbocycles. The Morgan fingerprint density at radius 2 is 2.12 bits per heavy atom. The highest BCUT2D eigenvalue weighted by Crippen LogP contribution is 2.11. The Morgan fingerprint density at radius 3 is 2.59 bits per heavy atom. The van der Waals surface area contributed by atoms with E-state index in [1.54, 1.807) is 7.05 Å². The van der Waals surface area contributed by atoms with Gasteiger partial charge in [-0.2, -0.15) is 0 Å². The lowest BCUT2D eigenvalue weighted by Crippen LogP contribution is -2.40. The molecule has 1 aliphatic rings. The van der Waals surface area contributed by atoms with E-state index in [1.807, 2.05) is 13.8 Å². The molecule has 0 aromatic carbocycles. The molecular weight excluding hydrogens is 264 g/mol. The van der Waals surface area contributed by atoms with Gasteiger partial charge in [0.2, 0.25) is 10.0 Å². The Bertz CT molecular complexity index is 303. The van der Waals surface area contributed by atoms with Gasteiger partial charge in [0.15, 0.2) is 0 Å². The van der Waals surface area contributed by atoms with Gasteiger partial charge >= 0.3 is 0 Å². The first-order chi connectivity index (χ1) is 7.43. The molecule has 0 spiro atoms. The van der Waals surface area contributed by atoms with Gasteiger partial charge < -0.3 is 10.1 Å². The van der Waals surface area contributed by atoms with Crippen molar-refractivity contribution in [3.8, 4) is 0 Å². The van der Waals surface area contributed by atoms with E-state index in [-0.39, 0.29) is 36.9 Å². The molecule has 104 valence electrons. The molecule has 7 heteroatoms. The van der Waals surface area contributed by atoms with Crippen molar-refractivity contribution < 1.29 is 13.2 Å². The summed E-state index contributed by atoms with van der Waals surface area (Å²) in [6.07, 6.45) is 0.967. The van der Waals surface area contributed by atoms with Crippen LogP contribution in [0.1, 0.15) is 20.3 Å². The number of hydrogen-bond donors (Lipinski definition) is 1. The maximum Gasteiger partial charge on any atom is 0.216 e. The third kappa shape index (κ3) is 5.52. The molecule has 17 heavy (non-hydrogen) atoms. The van der Waals surface area contributed by atoms with Crippen LogP contribution in [0.4, 0.5) is 0 Å². The van der Waals surface area contributed by atoms with Crippen LogP contribution < -0.4 is 5.32 Å². The van der Waals surface area contributed by atoms with Gasteiger partial charge in [0.1, 0.15) is 0 Å². The zero-order chi connectivity index (χ0) is 12.2. The molecular formula is C10H23ClN2O3S. The summed E-state index contributed by atoms with van der Waals surface area (Å²) in [4.78, 5) is 0. The summed E-state index contributed by atoms with van der Waals surface area (Å²) in [7, 11) is -1.52. The molecule has 0 aromatic heterocycles. The number of rotatable bonds is 6. The lowest BCUT2D eigenvalue weighted by molar-refractivity contribution is 0.0906. The van der Waals surface area contributed by atoms with E-state index >= 15 is 0 Å². The monoisotopic (exact) mass is 286 g/mol. The summed E-state index contributed by atoms with van der Waals surface area (Å²) in [5.74, 6) is 0.0676. The average Bonchev–Trinajstić information content (AvgIpc) is 2.68. The summed E-state index contributed by atoms with van der Waals surface area (Å²) in [5, 5.41) is 3.16. The number of sulfonamides is 1. The predicted octanol–water partition coefficient (Wildman–Crippen LogP) is 0.457. The van der Waals surface area contributed by atoms with Crippen molar-refractivity contribution in [3.63, 3.8) is 0 Å². The number of halogens is 1. The molecule has 5 nitrogen and oxygen atoms in total. The number of nitrogens with one attached hydrogen (secondary N) is 1. The van der Waals surface area contributed by atoms with Crippen LogP contribution in [0.15, 0.2) is 0 Å². The zero-order valence-electron chi connectivity index (χ0n) is 10.7. The molecule has 0 amide bonds. The van der Waals surface area contributed by atoms with E-state index in [0.29, 0.717) is 0 Å². The molecule has 1 atom stereocenters. The summed E-state index contributed by atoms with van der Waals surface area (Å²) in [6, 6.07) is 0.101. The van der Waals surface area contributed by atoms with Crippen molar-refractivity contribution in [3.05, 3.63) is 0 Å². The fourth-order valence-electron chi connectivity index (χ4n) is 1.71. The predicted molar refractivity (Wildman–Crippen MR) is 71.2 cm³/mol. The van der Waals surface area contributed by atoms with Crippen molar-refractivity contribution in [1.82, 2.24) is 9.62 Å². The second kappa shape index (κ2) is 7.53. The van der Waals surface area contributed by atoms with Crippen LogP contribution in [-0.4, -0.2) is 57.4 Å². The van der Waals surface area contributed by atoms with E-state index in [9.17, 15) is 8.42 Å². The molecule has 1 N–H and O–H groups in total. The summed E-state index contributed by atoms with van der Waals surface area (Å²) in [6.45, 7) is 5.72. The Labute approximate surface area is 110 Å². The van der Waals surface area contributed by atoms with E-state index in [2.05, 4.69) is 5.32 Å². The van der Waals surface area contributed by atoms with Crippen LogP contribution in [0.5, 0.6) is 0 Å². The van der Waals surface area contributed by atoms with Crippen LogP contribution >= 0.6 is 12.4 Å². The number of hydrogen-bond acceptors (Lipinski definition) is 4. The van der Waals surface area contributed by atoms with Crippen LogP contribution in [0.25, 0.3) is 0 Å². The summed E-state index contributed by atoms with van der Waals surface area (Å²) >= 11 is 0. The standard InChI is InChI=1S/C10H22N2O3S.ClH/c1-9(2)15-6-7-16(13,14)12(3)10-4-5-11-8-10;/h9-11H,4-8H2,1-3H3;1H. The van der Waals surface area contributed by atoms with Crippen molar-refractivity contribution in [1.29, 1.82) is 0 Å². The third-order valence-electron chi connectivity index (χ3n) is 2.78. The highest BCUT2D eigenvalue weighted by molar-refractivity contribution is 7.89. The molecule has 1 rings (SSSR count). The highest BCUT2D eigenvalue weighted by atomic mass is 35.5. The average molecular weight is 287 g/mol. The molecule has 1 aliphatic heterocycles. The lowest BCUT2D eigenvalue weighted by atomic mass is 10.3. The zero-order valence-corrected chi connectivity index (χ0v) is 12.3. The number of ether oxygens (including phenoxy) is 1. The Morgan fingerprint density at radius 1 is 1.47 bits per heavy atom. The Balaban J connectivity index is 0.00000256. The van der Waals surface area contributed by atoms with Gasteiger partial charge in [-0.15, -0.1) is 12.4 Å². The highest BCUT2D eigenvalue weighted by Gasteiger charge is 2.28. The number of likely N-dealkylation sites (N-methyl/N-ethyl adjacent to an activating group) is 1. The fraction of sp³-hybridized carbons (Fsp3) is 1.00. The van der Waals surface area contributed by atoms with Crippen molar-refractivity contribution in [2.24, 2.45) is 0 Å². The Hall–Kier alpha value is 0.120. The minimum Gasteiger partial charge on any atom is -0.378 e. The summed E-state index contributed by atoms with van der Waals surface area (Å²) in [5.41, 5.74) is 0. The first-order valence-corrected chi connectivity index (χ1v) is 7.32. The van der Waals surface area contributed by atoms with Crippen molar-refractivity contribution in [2.75, 3.05) is 32.5 Å². The number of nitrogens with zero attached hydrogens (tertiary/aromatic N) is 1. The molecule has 1 heterocycles. The van der Waals surface area contributed by atoms with E-state index in [1.165, 1.54) is 4.31 Å². The molecule has 0 radical (unpaired) electrons. The molecule has 1 saturated heterocycles. The quantitative estimate of drug-likeness (QED) is 0.771. The Kier molecular flexibility index (Phi) is 7.58. The minimum absolute atomic E-state index is 0. The lowest BCUT2D eigenvalue weighted by Gasteiger charge is -2.23. The molecule has 1 unspecified atom stereocenters. The van der Waals surface area contributed by atoms with Gasteiger partial charge in [-0.25, -0.2) is 12.7 Å². The third-order valence-corrected chi connectivity index (χ3v) is 4.64. The molecule has 0 bridgehead atoms. The van der Waals surface area contributed by atoms with Gasteiger partial charge in [-0.1, -0.05) is 0 Å². The topological polar surface area (TPSA) is 58.6 Å².